The van der Waals surface area contributed by atoms with Gasteiger partial charge in [0.05, 0.1) is 22.7 Å². The van der Waals surface area contributed by atoms with E-state index in [4.69, 9.17) is 9.47 Å². The molecule has 2 aromatic rings. The van der Waals surface area contributed by atoms with Gasteiger partial charge in [0, 0.05) is 19.6 Å². The number of nitrogens with one attached hydrogen (secondary N) is 1. The summed E-state index contributed by atoms with van der Waals surface area (Å²) in [5, 5.41) is 0. The third-order valence-electron chi connectivity index (χ3n) is 4.79. The number of rotatable bonds is 7. The van der Waals surface area contributed by atoms with Crippen LogP contribution in [0, 0.1) is 0 Å². The fourth-order valence-corrected chi connectivity index (χ4v) is 4.39. The normalized spacial score (nSPS) is 19.1. The van der Waals surface area contributed by atoms with Crippen LogP contribution in [0.2, 0.25) is 0 Å². The molecule has 0 spiro atoms. The lowest BCUT2D eigenvalue weighted by molar-refractivity contribution is -0.146. The van der Waals surface area contributed by atoms with Crippen LogP contribution in [-0.2, 0) is 30.8 Å². The van der Waals surface area contributed by atoms with E-state index in [2.05, 4.69) is 4.72 Å². The standard InChI is InChI=1S/C22H26N2O6S/c1-16-13-24(14-17(2)30-16)21(25)15-29-22(26)19-9-6-10-20(11-19)31(27,28)23-12-18-7-4-3-5-8-18/h3-11,16-17,23H,12-15H2,1-2H3/t16-,17-/m1/s1. The number of amides is 1. The van der Waals surface area contributed by atoms with Crippen molar-refractivity contribution in [1.29, 1.82) is 0 Å². The van der Waals surface area contributed by atoms with E-state index in [1.165, 1.54) is 24.3 Å². The summed E-state index contributed by atoms with van der Waals surface area (Å²) in [6, 6.07) is 14.6. The number of sulfonamides is 1. The van der Waals surface area contributed by atoms with Gasteiger partial charge in [-0.15, -0.1) is 0 Å². The van der Waals surface area contributed by atoms with Crippen molar-refractivity contribution in [3.05, 3.63) is 65.7 Å². The van der Waals surface area contributed by atoms with Gasteiger partial charge in [-0.2, -0.15) is 0 Å². The van der Waals surface area contributed by atoms with Crippen LogP contribution in [-0.4, -0.2) is 57.1 Å². The molecule has 1 aliphatic rings. The van der Waals surface area contributed by atoms with Crippen molar-refractivity contribution < 1.29 is 27.5 Å². The SMILES string of the molecule is C[C@@H]1CN(C(=O)COC(=O)c2cccc(S(=O)(=O)NCc3ccccc3)c2)C[C@@H](C)O1. The Bertz CT molecular complexity index is 1020. The predicted molar refractivity (Wildman–Crippen MR) is 114 cm³/mol. The van der Waals surface area contributed by atoms with Gasteiger partial charge < -0.3 is 14.4 Å². The number of hydrogen-bond acceptors (Lipinski definition) is 6. The van der Waals surface area contributed by atoms with Crippen LogP contribution in [0.5, 0.6) is 0 Å². The molecular formula is C22H26N2O6S. The van der Waals surface area contributed by atoms with Crippen molar-refractivity contribution in [2.75, 3.05) is 19.7 Å². The van der Waals surface area contributed by atoms with Crippen molar-refractivity contribution in [2.45, 2.75) is 37.5 Å². The number of ether oxygens (including phenoxy) is 2. The Morgan fingerprint density at radius 2 is 1.74 bits per heavy atom. The van der Waals surface area contributed by atoms with Gasteiger partial charge in [0.25, 0.3) is 5.91 Å². The monoisotopic (exact) mass is 446 g/mol. The van der Waals surface area contributed by atoms with Crippen molar-refractivity contribution in [3.8, 4) is 0 Å². The summed E-state index contributed by atoms with van der Waals surface area (Å²) in [6.45, 7) is 4.33. The van der Waals surface area contributed by atoms with E-state index < -0.39 is 22.6 Å². The molecule has 2 aromatic carbocycles. The van der Waals surface area contributed by atoms with E-state index in [9.17, 15) is 18.0 Å². The molecule has 0 saturated carbocycles. The zero-order valence-electron chi connectivity index (χ0n) is 17.5. The van der Waals surface area contributed by atoms with Crippen LogP contribution in [0.25, 0.3) is 0 Å². The lowest BCUT2D eigenvalue weighted by Gasteiger charge is -2.35. The summed E-state index contributed by atoms with van der Waals surface area (Å²) in [4.78, 5) is 26.3. The van der Waals surface area contributed by atoms with Gasteiger partial charge in [0.15, 0.2) is 6.61 Å². The largest absolute Gasteiger partial charge is 0.452 e. The average molecular weight is 447 g/mol. The number of carbonyl (C=O) groups is 2. The summed E-state index contributed by atoms with van der Waals surface area (Å²) in [6.07, 6.45) is -0.178. The fraction of sp³-hybridized carbons (Fsp3) is 0.364. The molecule has 0 radical (unpaired) electrons. The summed E-state index contributed by atoms with van der Waals surface area (Å²) in [5.74, 6) is -1.08. The highest BCUT2D eigenvalue weighted by molar-refractivity contribution is 7.89. The maximum absolute atomic E-state index is 12.6. The molecule has 0 aromatic heterocycles. The Morgan fingerprint density at radius 1 is 1.06 bits per heavy atom. The first-order valence-electron chi connectivity index (χ1n) is 9.98. The molecular weight excluding hydrogens is 420 g/mol. The quantitative estimate of drug-likeness (QED) is 0.653. The molecule has 1 saturated heterocycles. The highest BCUT2D eigenvalue weighted by atomic mass is 32.2. The molecule has 2 atom stereocenters. The van der Waals surface area contributed by atoms with Crippen LogP contribution in [0.3, 0.4) is 0 Å². The van der Waals surface area contributed by atoms with E-state index in [0.717, 1.165) is 5.56 Å². The third-order valence-corrected chi connectivity index (χ3v) is 6.19. The maximum atomic E-state index is 12.6. The Kier molecular flexibility index (Phi) is 7.42. The van der Waals surface area contributed by atoms with Crippen LogP contribution in [0.4, 0.5) is 0 Å². The fourth-order valence-electron chi connectivity index (χ4n) is 3.33. The topological polar surface area (TPSA) is 102 Å². The Morgan fingerprint density at radius 3 is 2.42 bits per heavy atom. The van der Waals surface area contributed by atoms with E-state index in [1.54, 1.807) is 4.90 Å². The minimum absolute atomic E-state index is 0.0547. The lowest BCUT2D eigenvalue weighted by atomic mass is 10.2. The summed E-state index contributed by atoms with van der Waals surface area (Å²) in [5.41, 5.74) is 0.867. The molecule has 1 fully saturated rings. The Balaban J connectivity index is 1.59. The van der Waals surface area contributed by atoms with E-state index >= 15 is 0 Å². The van der Waals surface area contributed by atoms with Gasteiger partial charge >= 0.3 is 5.97 Å². The second-order valence-corrected chi connectivity index (χ2v) is 9.24. The zero-order chi connectivity index (χ0) is 22.4. The van der Waals surface area contributed by atoms with E-state index in [1.807, 2.05) is 44.2 Å². The molecule has 166 valence electrons. The number of nitrogens with zero attached hydrogens (tertiary/aromatic N) is 1. The molecule has 0 unspecified atom stereocenters. The van der Waals surface area contributed by atoms with Crippen molar-refractivity contribution in [3.63, 3.8) is 0 Å². The molecule has 31 heavy (non-hydrogen) atoms. The van der Waals surface area contributed by atoms with Crippen molar-refractivity contribution in [2.24, 2.45) is 0 Å². The first-order valence-corrected chi connectivity index (χ1v) is 11.5. The maximum Gasteiger partial charge on any atom is 0.338 e. The molecule has 8 nitrogen and oxygen atoms in total. The van der Waals surface area contributed by atoms with E-state index in [0.29, 0.717) is 13.1 Å². The summed E-state index contributed by atoms with van der Waals surface area (Å²) in [7, 11) is -3.82. The molecule has 0 aliphatic carbocycles. The number of hydrogen-bond donors (Lipinski definition) is 1. The van der Waals surface area contributed by atoms with Gasteiger partial charge in [0.1, 0.15) is 0 Å². The van der Waals surface area contributed by atoms with Crippen molar-refractivity contribution >= 4 is 21.9 Å². The minimum Gasteiger partial charge on any atom is -0.452 e. The van der Waals surface area contributed by atoms with E-state index in [-0.39, 0.29) is 35.1 Å². The molecule has 1 aliphatic heterocycles. The predicted octanol–water partition coefficient (Wildman–Crippen LogP) is 1.96. The lowest BCUT2D eigenvalue weighted by Crippen LogP contribution is -2.49. The highest BCUT2D eigenvalue weighted by Gasteiger charge is 2.26. The van der Waals surface area contributed by atoms with Gasteiger partial charge in [-0.3, -0.25) is 4.79 Å². The van der Waals surface area contributed by atoms with Crippen molar-refractivity contribution in [1.82, 2.24) is 9.62 Å². The molecule has 1 amide bonds. The van der Waals surface area contributed by atoms with Gasteiger partial charge in [-0.05, 0) is 37.6 Å². The van der Waals surface area contributed by atoms with Crippen LogP contribution < -0.4 is 4.72 Å². The Labute approximate surface area is 182 Å². The second kappa shape index (κ2) is 10.0. The minimum atomic E-state index is -3.82. The molecule has 9 heteroatoms. The van der Waals surface area contributed by atoms with Gasteiger partial charge in [-0.25, -0.2) is 17.9 Å². The third kappa shape index (κ3) is 6.36. The second-order valence-electron chi connectivity index (χ2n) is 7.47. The van der Waals surface area contributed by atoms with Crippen LogP contribution >= 0.6 is 0 Å². The molecule has 1 N–H and O–H groups in total. The highest BCUT2D eigenvalue weighted by Crippen LogP contribution is 2.14. The first-order chi connectivity index (χ1) is 14.7. The van der Waals surface area contributed by atoms with Gasteiger partial charge in [0.2, 0.25) is 10.0 Å². The van der Waals surface area contributed by atoms with Crippen LogP contribution in [0.15, 0.2) is 59.5 Å². The number of morpholine rings is 1. The number of esters is 1. The summed E-state index contributed by atoms with van der Waals surface area (Å²) < 4.78 is 38.4. The summed E-state index contributed by atoms with van der Waals surface area (Å²) >= 11 is 0. The Hall–Kier alpha value is -2.75. The zero-order valence-corrected chi connectivity index (χ0v) is 18.3. The number of carbonyl (C=O) groups excluding carboxylic acids is 2. The molecule has 3 rings (SSSR count). The first kappa shape index (κ1) is 22.9. The number of benzene rings is 2. The molecule has 1 heterocycles. The molecule has 0 bridgehead atoms. The van der Waals surface area contributed by atoms with Crippen LogP contribution in [0.1, 0.15) is 29.8 Å². The van der Waals surface area contributed by atoms with Gasteiger partial charge in [-0.1, -0.05) is 36.4 Å². The smallest absolute Gasteiger partial charge is 0.338 e. The average Bonchev–Trinajstić information content (AvgIpc) is 2.76.